The molecule has 2 rings (SSSR count). The molecule has 1 fully saturated rings. The van der Waals surface area contributed by atoms with Gasteiger partial charge in [-0.25, -0.2) is 4.98 Å². The van der Waals surface area contributed by atoms with Crippen molar-refractivity contribution in [1.29, 1.82) is 0 Å². The molecule has 6 nitrogen and oxygen atoms in total. The van der Waals surface area contributed by atoms with E-state index in [-0.39, 0.29) is 11.4 Å². The lowest BCUT2D eigenvalue weighted by atomic mass is 10.0. The Balaban J connectivity index is 1.98. The number of aromatic nitrogens is 2. The Bertz CT molecular complexity index is 396. The lowest BCUT2D eigenvalue weighted by Gasteiger charge is -2.22. The molecule has 1 aliphatic heterocycles. The van der Waals surface area contributed by atoms with Crippen LogP contribution < -0.4 is 11.1 Å². The fourth-order valence-electron chi connectivity index (χ4n) is 1.85. The van der Waals surface area contributed by atoms with E-state index in [4.69, 9.17) is 10.5 Å². The molecule has 1 unspecified atom stereocenters. The number of hydrogen-bond acceptors (Lipinski definition) is 4. The molecule has 1 aromatic heterocycles. The number of carbonyl (C=O) groups is 1. The number of hydrogen-bond donors (Lipinski definition) is 2. The fraction of sp³-hybridized carbons (Fsp3) is 0.636. The minimum atomic E-state index is -0.269. The summed E-state index contributed by atoms with van der Waals surface area (Å²) < 4.78 is 7.09. The van der Waals surface area contributed by atoms with Gasteiger partial charge in [-0.2, -0.15) is 0 Å². The van der Waals surface area contributed by atoms with Gasteiger partial charge >= 0.3 is 0 Å². The summed E-state index contributed by atoms with van der Waals surface area (Å²) in [7, 11) is 0. The zero-order valence-electron chi connectivity index (χ0n) is 9.98. The number of rotatable bonds is 4. The van der Waals surface area contributed by atoms with Crippen LogP contribution in [0.3, 0.4) is 0 Å². The number of nitrogens with two attached hydrogens (primary N) is 1. The number of carbonyl (C=O) groups excluding carboxylic acids is 1. The van der Waals surface area contributed by atoms with E-state index in [2.05, 4.69) is 10.3 Å². The van der Waals surface area contributed by atoms with Crippen LogP contribution in [-0.4, -0.2) is 40.8 Å². The second-order valence-electron chi connectivity index (χ2n) is 4.60. The van der Waals surface area contributed by atoms with Crippen LogP contribution in [0.25, 0.3) is 0 Å². The Labute approximate surface area is 100 Å². The van der Waals surface area contributed by atoms with Gasteiger partial charge in [0.15, 0.2) is 0 Å². The summed E-state index contributed by atoms with van der Waals surface area (Å²) in [6.45, 7) is 4.43. The molecular weight excluding hydrogens is 220 g/mol. The normalized spacial score (nSPS) is 23.9. The molecule has 1 atom stereocenters. The maximum atomic E-state index is 11.9. The quantitative estimate of drug-likeness (QED) is 0.758. The Morgan fingerprint density at radius 2 is 2.59 bits per heavy atom. The molecule has 1 saturated heterocycles. The van der Waals surface area contributed by atoms with Gasteiger partial charge in [-0.1, -0.05) is 0 Å². The van der Waals surface area contributed by atoms with Crippen LogP contribution in [0.4, 0.5) is 0 Å². The summed E-state index contributed by atoms with van der Waals surface area (Å²) in [6.07, 6.45) is 4.17. The molecule has 0 aliphatic carbocycles. The Morgan fingerprint density at radius 1 is 1.76 bits per heavy atom. The van der Waals surface area contributed by atoms with Gasteiger partial charge in [0, 0.05) is 25.9 Å². The molecule has 94 valence electrons. The molecule has 0 aromatic carbocycles. The first-order chi connectivity index (χ1) is 8.13. The van der Waals surface area contributed by atoms with Crippen LogP contribution in [-0.2, 0) is 11.3 Å². The Hall–Kier alpha value is -1.40. The first-order valence-corrected chi connectivity index (χ1v) is 5.75. The highest BCUT2D eigenvalue weighted by atomic mass is 16.5. The Morgan fingerprint density at radius 3 is 3.24 bits per heavy atom. The number of imidazole rings is 1. The Kier molecular flexibility index (Phi) is 3.44. The van der Waals surface area contributed by atoms with Crippen LogP contribution >= 0.6 is 0 Å². The molecule has 17 heavy (non-hydrogen) atoms. The zero-order valence-corrected chi connectivity index (χ0v) is 9.98. The average Bonchev–Trinajstić information content (AvgIpc) is 2.88. The maximum absolute atomic E-state index is 11.9. The molecule has 1 aromatic rings. The van der Waals surface area contributed by atoms with E-state index in [1.54, 1.807) is 12.5 Å². The van der Waals surface area contributed by atoms with E-state index < -0.39 is 0 Å². The van der Waals surface area contributed by atoms with Gasteiger partial charge in [0.1, 0.15) is 5.69 Å². The van der Waals surface area contributed by atoms with Crippen LogP contribution in [0.5, 0.6) is 0 Å². The number of ether oxygens (including phenoxy) is 1. The smallest absolute Gasteiger partial charge is 0.271 e. The summed E-state index contributed by atoms with van der Waals surface area (Å²) in [5, 5.41) is 2.96. The lowest BCUT2D eigenvalue weighted by Crippen LogP contribution is -2.46. The molecule has 0 radical (unpaired) electrons. The zero-order chi connectivity index (χ0) is 12.3. The van der Waals surface area contributed by atoms with Crippen LogP contribution in [0, 0.1) is 0 Å². The van der Waals surface area contributed by atoms with Gasteiger partial charge in [0.25, 0.3) is 5.91 Å². The standard InChI is InChI=1S/C11H18N4O2/c1-11(2-5-17-7-11)14-10(16)9-6-15(4-3-12)8-13-9/h6,8H,2-5,7,12H2,1H3,(H,14,16). The molecule has 3 N–H and O–H groups in total. The van der Waals surface area contributed by atoms with Crippen LogP contribution in [0.2, 0.25) is 0 Å². The fourth-order valence-corrected chi connectivity index (χ4v) is 1.85. The first kappa shape index (κ1) is 12.1. The molecule has 2 heterocycles. The molecule has 0 spiro atoms. The van der Waals surface area contributed by atoms with Crippen molar-refractivity contribution in [2.75, 3.05) is 19.8 Å². The highest BCUT2D eigenvalue weighted by molar-refractivity contribution is 5.92. The lowest BCUT2D eigenvalue weighted by molar-refractivity contribution is 0.0885. The number of nitrogens with zero attached hydrogens (tertiary/aromatic N) is 2. The minimum Gasteiger partial charge on any atom is -0.379 e. The molecule has 1 amide bonds. The van der Waals surface area contributed by atoms with Gasteiger partial charge in [-0.15, -0.1) is 0 Å². The summed E-state index contributed by atoms with van der Waals surface area (Å²) in [5.74, 6) is -0.159. The monoisotopic (exact) mass is 238 g/mol. The van der Waals surface area contributed by atoms with Gasteiger partial charge in [0.2, 0.25) is 0 Å². The predicted molar refractivity (Wildman–Crippen MR) is 62.6 cm³/mol. The van der Waals surface area contributed by atoms with Crippen LogP contribution in [0.1, 0.15) is 23.8 Å². The molecule has 1 aliphatic rings. The molecule has 0 saturated carbocycles. The minimum absolute atomic E-state index is 0.159. The van der Waals surface area contributed by atoms with Crippen molar-refractivity contribution >= 4 is 5.91 Å². The van der Waals surface area contributed by atoms with E-state index in [1.165, 1.54) is 0 Å². The number of amides is 1. The third-order valence-corrected chi connectivity index (χ3v) is 2.89. The van der Waals surface area contributed by atoms with Crippen molar-refractivity contribution < 1.29 is 9.53 Å². The molecule has 0 bridgehead atoms. The van der Waals surface area contributed by atoms with E-state index in [1.807, 2.05) is 11.5 Å². The van der Waals surface area contributed by atoms with Gasteiger partial charge in [-0.3, -0.25) is 4.79 Å². The van der Waals surface area contributed by atoms with Crippen molar-refractivity contribution in [2.45, 2.75) is 25.4 Å². The summed E-state index contributed by atoms with van der Waals surface area (Å²) in [4.78, 5) is 16.0. The molecule has 6 heteroatoms. The number of nitrogens with one attached hydrogen (secondary N) is 1. The molecular formula is C11H18N4O2. The first-order valence-electron chi connectivity index (χ1n) is 5.75. The summed E-state index contributed by atoms with van der Waals surface area (Å²) in [5.41, 5.74) is 5.59. The van der Waals surface area contributed by atoms with Gasteiger partial charge in [-0.05, 0) is 13.3 Å². The van der Waals surface area contributed by atoms with Crippen molar-refractivity contribution in [1.82, 2.24) is 14.9 Å². The third-order valence-electron chi connectivity index (χ3n) is 2.89. The second-order valence-corrected chi connectivity index (χ2v) is 4.60. The van der Waals surface area contributed by atoms with E-state index >= 15 is 0 Å². The predicted octanol–water partition coefficient (Wildman–Crippen LogP) is -0.249. The van der Waals surface area contributed by atoms with Crippen molar-refractivity contribution in [2.24, 2.45) is 5.73 Å². The highest BCUT2D eigenvalue weighted by Crippen LogP contribution is 2.17. The summed E-state index contributed by atoms with van der Waals surface area (Å²) in [6, 6.07) is 0. The van der Waals surface area contributed by atoms with E-state index in [9.17, 15) is 4.79 Å². The largest absolute Gasteiger partial charge is 0.379 e. The maximum Gasteiger partial charge on any atom is 0.271 e. The van der Waals surface area contributed by atoms with Gasteiger partial charge in [0.05, 0.1) is 18.5 Å². The van der Waals surface area contributed by atoms with Crippen molar-refractivity contribution in [3.8, 4) is 0 Å². The van der Waals surface area contributed by atoms with E-state index in [0.29, 0.717) is 32.0 Å². The van der Waals surface area contributed by atoms with E-state index in [0.717, 1.165) is 6.42 Å². The SMILES string of the molecule is CC1(NC(=O)c2cn(CCN)cn2)CCOC1. The second kappa shape index (κ2) is 4.85. The topological polar surface area (TPSA) is 82.2 Å². The summed E-state index contributed by atoms with van der Waals surface area (Å²) >= 11 is 0. The van der Waals surface area contributed by atoms with Crippen molar-refractivity contribution in [3.63, 3.8) is 0 Å². The third kappa shape index (κ3) is 2.83. The van der Waals surface area contributed by atoms with Gasteiger partial charge < -0.3 is 20.4 Å². The average molecular weight is 238 g/mol. The van der Waals surface area contributed by atoms with Crippen molar-refractivity contribution in [3.05, 3.63) is 18.2 Å². The van der Waals surface area contributed by atoms with Crippen LogP contribution in [0.15, 0.2) is 12.5 Å². The highest BCUT2D eigenvalue weighted by Gasteiger charge is 2.31.